The number of carbonyl (C=O) groups is 2. The Balaban J connectivity index is 2.35. The summed E-state index contributed by atoms with van der Waals surface area (Å²) in [7, 11) is 0. The van der Waals surface area contributed by atoms with Crippen molar-refractivity contribution in [1.82, 2.24) is 4.98 Å². The summed E-state index contributed by atoms with van der Waals surface area (Å²) in [5.74, 6) is -2.56. The number of ether oxygens (including phenoxy) is 1. The third kappa shape index (κ3) is 8.18. The van der Waals surface area contributed by atoms with Gasteiger partial charge in [-0.3, -0.25) is 9.59 Å². The van der Waals surface area contributed by atoms with Gasteiger partial charge in [-0.15, -0.1) is 11.3 Å². The molecule has 1 aromatic rings. The Hall–Kier alpha value is -1.65. The molecule has 0 radical (unpaired) electrons. The van der Waals surface area contributed by atoms with Gasteiger partial charge in [0.1, 0.15) is 11.9 Å². The number of ketones is 1. The van der Waals surface area contributed by atoms with Gasteiger partial charge in [0, 0.05) is 5.38 Å². The number of hydrogen-bond acceptors (Lipinski definition) is 9. The fourth-order valence-corrected chi connectivity index (χ4v) is 5.27. The highest BCUT2D eigenvalue weighted by atomic mass is 32.1. The molecule has 0 bridgehead atoms. The van der Waals surface area contributed by atoms with Crippen LogP contribution in [0, 0.1) is 24.2 Å². The van der Waals surface area contributed by atoms with E-state index in [1.807, 2.05) is 32.2 Å². The van der Waals surface area contributed by atoms with Crippen molar-refractivity contribution < 1.29 is 34.8 Å². The van der Waals surface area contributed by atoms with Crippen molar-refractivity contribution in [3.8, 4) is 0 Å². The highest BCUT2D eigenvalue weighted by Gasteiger charge is 2.44. The molecule has 1 saturated heterocycles. The first kappa shape index (κ1) is 30.6. The fraction of sp³-hybridized carbons (Fsp3) is 0.741. The molecule has 1 fully saturated rings. The first-order chi connectivity index (χ1) is 16.7. The molecule has 204 valence electrons. The van der Waals surface area contributed by atoms with E-state index in [4.69, 9.17) is 4.74 Å². The number of hydrogen-bond donors (Lipinski definition) is 4. The number of rotatable bonds is 3. The van der Waals surface area contributed by atoms with Crippen LogP contribution in [-0.4, -0.2) is 67.7 Å². The lowest BCUT2D eigenvalue weighted by Gasteiger charge is -2.35. The second-order valence-electron chi connectivity index (χ2n) is 11.1. The maximum absolute atomic E-state index is 13.3. The molecule has 36 heavy (non-hydrogen) atoms. The number of Topliss-reactive ketones (excluding diaryl/α,β-unsaturated/α-hetero) is 1. The maximum atomic E-state index is 13.3. The molecule has 1 aliphatic heterocycles. The van der Waals surface area contributed by atoms with E-state index in [0.717, 1.165) is 16.3 Å². The molecule has 9 heteroatoms. The highest BCUT2D eigenvalue weighted by Crippen LogP contribution is 2.33. The Morgan fingerprint density at radius 2 is 1.89 bits per heavy atom. The summed E-state index contributed by atoms with van der Waals surface area (Å²) in [6.07, 6.45) is 0.748. The predicted octanol–water partition coefficient (Wildman–Crippen LogP) is 3.43. The number of carbonyl (C=O) groups excluding carboxylic acids is 2. The molecule has 0 amide bonds. The molecule has 1 aliphatic rings. The third-order valence-electron chi connectivity index (χ3n) is 7.47. The standard InChI is InChI=1S/C27H43NO7S/c1-16-8-7-10-27(6,34)11-9-21(17(2)12-19-15-36-18(3)28-19)35-23(31)13-22(30)26(4,5)25(33)20(14-29)24(16)32/h12,15-16,20-22,24,29-30,32,34H,7-11,13-14H2,1-6H3/b17-12+. The monoisotopic (exact) mass is 525 g/mol. The quantitative estimate of drug-likeness (QED) is 0.441. The number of aliphatic hydroxyl groups is 4. The summed E-state index contributed by atoms with van der Waals surface area (Å²) in [6, 6.07) is 0. The lowest BCUT2D eigenvalue weighted by Crippen LogP contribution is -2.48. The van der Waals surface area contributed by atoms with Crippen LogP contribution < -0.4 is 0 Å². The fourth-order valence-electron chi connectivity index (χ4n) is 4.70. The van der Waals surface area contributed by atoms with E-state index in [1.54, 1.807) is 6.92 Å². The molecule has 0 aliphatic carbocycles. The maximum Gasteiger partial charge on any atom is 0.309 e. The Kier molecular flexibility index (Phi) is 10.8. The Labute approximate surface area is 218 Å². The minimum Gasteiger partial charge on any atom is -0.458 e. The van der Waals surface area contributed by atoms with Crippen LogP contribution in [0.4, 0.5) is 0 Å². The van der Waals surface area contributed by atoms with E-state index in [2.05, 4.69) is 4.98 Å². The van der Waals surface area contributed by atoms with Gasteiger partial charge in [0.05, 0.1) is 52.9 Å². The number of cyclic esters (lactones) is 1. The smallest absolute Gasteiger partial charge is 0.309 e. The molecule has 4 N–H and O–H groups in total. The summed E-state index contributed by atoms with van der Waals surface area (Å²) in [5.41, 5.74) is -0.865. The van der Waals surface area contributed by atoms with Crippen molar-refractivity contribution in [2.45, 2.75) is 104 Å². The van der Waals surface area contributed by atoms with Crippen molar-refractivity contribution in [2.75, 3.05) is 6.61 Å². The zero-order chi connectivity index (χ0) is 27.3. The molecule has 2 rings (SSSR count). The lowest BCUT2D eigenvalue weighted by molar-refractivity contribution is -0.155. The van der Waals surface area contributed by atoms with Gasteiger partial charge in [-0.1, -0.05) is 27.2 Å². The van der Waals surface area contributed by atoms with Gasteiger partial charge in [0.15, 0.2) is 0 Å². The molecular formula is C27H43NO7S. The lowest BCUT2D eigenvalue weighted by atomic mass is 9.72. The number of aromatic nitrogens is 1. The Bertz CT molecular complexity index is 923. The largest absolute Gasteiger partial charge is 0.458 e. The van der Waals surface area contributed by atoms with Crippen LogP contribution >= 0.6 is 11.3 Å². The predicted molar refractivity (Wildman–Crippen MR) is 139 cm³/mol. The second-order valence-corrected chi connectivity index (χ2v) is 12.2. The van der Waals surface area contributed by atoms with Gasteiger partial charge in [0.25, 0.3) is 0 Å². The number of esters is 1. The molecule has 6 unspecified atom stereocenters. The molecule has 0 spiro atoms. The van der Waals surface area contributed by atoms with E-state index in [1.165, 1.54) is 25.2 Å². The minimum atomic E-state index is -1.38. The van der Waals surface area contributed by atoms with E-state index in [9.17, 15) is 30.0 Å². The number of aliphatic hydroxyl groups excluding tert-OH is 3. The summed E-state index contributed by atoms with van der Waals surface area (Å²) in [5, 5.41) is 45.4. The van der Waals surface area contributed by atoms with Crippen LogP contribution in [0.5, 0.6) is 0 Å². The van der Waals surface area contributed by atoms with Crippen LogP contribution in [-0.2, 0) is 14.3 Å². The van der Waals surface area contributed by atoms with Crippen molar-refractivity contribution in [1.29, 1.82) is 0 Å². The molecule has 2 heterocycles. The minimum absolute atomic E-state index is 0.299. The molecule has 6 atom stereocenters. The molecule has 8 nitrogen and oxygen atoms in total. The highest BCUT2D eigenvalue weighted by molar-refractivity contribution is 7.09. The number of thiazole rings is 1. The van der Waals surface area contributed by atoms with Crippen molar-refractivity contribution in [3.05, 3.63) is 21.7 Å². The van der Waals surface area contributed by atoms with Crippen LogP contribution in [0.2, 0.25) is 0 Å². The van der Waals surface area contributed by atoms with E-state index in [0.29, 0.717) is 32.1 Å². The first-order valence-corrected chi connectivity index (χ1v) is 13.6. The number of nitrogens with zero attached hydrogens (tertiary/aromatic N) is 1. The Morgan fingerprint density at radius 3 is 2.47 bits per heavy atom. The van der Waals surface area contributed by atoms with Crippen molar-refractivity contribution in [3.63, 3.8) is 0 Å². The SMILES string of the molecule is C/C(=C\c1csc(C)n1)C1CCC(C)(O)CCCC(C)C(O)C(CO)C(=O)C(C)(C)C(O)CC(=O)O1. The van der Waals surface area contributed by atoms with Gasteiger partial charge in [-0.2, -0.15) is 0 Å². The summed E-state index contributed by atoms with van der Waals surface area (Å²) < 4.78 is 5.76. The Morgan fingerprint density at radius 1 is 1.22 bits per heavy atom. The molecule has 1 aromatic heterocycles. The summed E-state index contributed by atoms with van der Waals surface area (Å²) in [6.45, 7) is 9.77. The van der Waals surface area contributed by atoms with Crippen LogP contribution in [0.25, 0.3) is 6.08 Å². The zero-order valence-corrected chi connectivity index (χ0v) is 23.2. The van der Waals surface area contributed by atoms with Crippen molar-refractivity contribution >= 4 is 29.2 Å². The van der Waals surface area contributed by atoms with Crippen LogP contribution in [0.1, 0.15) is 83.8 Å². The van der Waals surface area contributed by atoms with Gasteiger partial charge in [-0.05, 0) is 64.0 Å². The van der Waals surface area contributed by atoms with E-state index < -0.39 is 60.0 Å². The molecule has 0 saturated carbocycles. The summed E-state index contributed by atoms with van der Waals surface area (Å²) in [4.78, 5) is 30.6. The molecule has 0 aromatic carbocycles. The van der Waals surface area contributed by atoms with Crippen LogP contribution in [0.3, 0.4) is 0 Å². The average molecular weight is 526 g/mol. The van der Waals surface area contributed by atoms with E-state index in [-0.39, 0.29) is 5.92 Å². The van der Waals surface area contributed by atoms with Crippen LogP contribution in [0.15, 0.2) is 11.0 Å². The van der Waals surface area contributed by atoms with Gasteiger partial charge >= 0.3 is 5.97 Å². The molecular weight excluding hydrogens is 482 g/mol. The van der Waals surface area contributed by atoms with Gasteiger partial charge in [-0.25, -0.2) is 4.98 Å². The average Bonchev–Trinajstić information content (AvgIpc) is 3.20. The topological polar surface area (TPSA) is 137 Å². The first-order valence-electron chi connectivity index (χ1n) is 12.7. The van der Waals surface area contributed by atoms with Gasteiger partial charge in [0.2, 0.25) is 0 Å². The zero-order valence-electron chi connectivity index (χ0n) is 22.4. The summed E-state index contributed by atoms with van der Waals surface area (Å²) >= 11 is 1.52. The van der Waals surface area contributed by atoms with Gasteiger partial charge < -0.3 is 25.2 Å². The number of aryl methyl sites for hydroxylation is 1. The normalized spacial score (nSPS) is 33.8. The second kappa shape index (κ2) is 12.7. The van der Waals surface area contributed by atoms with Crippen molar-refractivity contribution in [2.24, 2.45) is 17.3 Å². The van der Waals surface area contributed by atoms with E-state index >= 15 is 0 Å². The third-order valence-corrected chi connectivity index (χ3v) is 8.26.